The van der Waals surface area contributed by atoms with Crippen molar-refractivity contribution in [2.45, 2.75) is 37.8 Å². The highest BCUT2D eigenvalue weighted by Crippen LogP contribution is 2.30. The number of quaternary nitrogens is 1. The summed E-state index contributed by atoms with van der Waals surface area (Å²) in [5.74, 6) is 0.251. The van der Waals surface area contributed by atoms with Gasteiger partial charge in [0.15, 0.2) is 0 Å². The van der Waals surface area contributed by atoms with Gasteiger partial charge in [-0.05, 0) is 6.42 Å². The summed E-state index contributed by atoms with van der Waals surface area (Å²) in [7, 11) is 4.55. The number of amides is 1. The summed E-state index contributed by atoms with van der Waals surface area (Å²) in [6, 6.07) is 1.20. The summed E-state index contributed by atoms with van der Waals surface area (Å²) in [5, 5.41) is 3.02. The van der Waals surface area contributed by atoms with Crippen molar-refractivity contribution in [3.8, 4) is 0 Å². The van der Waals surface area contributed by atoms with Crippen LogP contribution in [0.3, 0.4) is 0 Å². The molecule has 2 bridgehead atoms. The van der Waals surface area contributed by atoms with Gasteiger partial charge < -0.3 is 9.80 Å². The first-order valence-corrected chi connectivity index (χ1v) is 5.21. The Kier molecular flexibility index (Phi) is 2.06. The molecule has 3 nitrogen and oxygen atoms in total. The van der Waals surface area contributed by atoms with Crippen LogP contribution in [0.15, 0.2) is 0 Å². The van der Waals surface area contributed by atoms with Crippen molar-refractivity contribution in [1.82, 2.24) is 5.32 Å². The van der Waals surface area contributed by atoms with E-state index in [4.69, 9.17) is 0 Å². The Morgan fingerprint density at radius 2 is 2.00 bits per heavy atom. The van der Waals surface area contributed by atoms with Gasteiger partial charge in [0.05, 0.1) is 33.1 Å². The Hall–Kier alpha value is -0.570. The summed E-state index contributed by atoms with van der Waals surface area (Å²) < 4.78 is 1.04. The number of fused-ring (bicyclic) bond motifs is 2. The van der Waals surface area contributed by atoms with Crippen molar-refractivity contribution in [3.05, 3.63) is 0 Å². The smallest absolute Gasteiger partial charge is 0.226 e. The molecule has 0 aromatic carbocycles. The van der Waals surface area contributed by atoms with E-state index >= 15 is 0 Å². The van der Waals surface area contributed by atoms with E-state index in [-0.39, 0.29) is 5.91 Å². The lowest BCUT2D eigenvalue weighted by molar-refractivity contribution is -0.941. The van der Waals surface area contributed by atoms with Crippen LogP contribution in [0, 0.1) is 0 Å². The lowest BCUT2D eigenvalue weighted by Crippen LogP contribution is -2.58. The number of piperidine rings is 1. The summed E-state index contributed by atoms with van der Waals surface area (Å²) in [4.78, 5) is 11.4. The fourth-order valence-corrected chi connectivity index (χ4v) is 2.75. The zero-order chi connectivity index (χ0) is 9.47. The molecule has 0 radical (unpaired) electrons. The van der Waals surface area contributed by atoms with Gasteiger partial charge in [0.2, 0.25) is 5.91 Å². The van der Waals surface area contributed by atoms with Crippen LogP contribution in [0.2, 0.25) is 0 Å². The third-order valence-electron chi connectivity index (χ3n) is 3.91. The van der Waals surface area contributed by atoms with Crippen molar-refractivity contribution >= 4 is 5.91 Å². The highest BCUT2D eigenvalue weighted by molar-refractivity contribution is 5.76. The number of nitrogens with one attached hydrogen (secondary N) is 1. The van der Waals surface area contributed by atoms with E-state index in [0.29, 0.717) is 12.1 Å². The zero-order valence-corrected chi connectivity index (χ0v) is 8.55. The first kappa shape index (κ1) is 9.00. The van der Waals surface area contributed by atoms with E-state index < -0.39 is 0 Å². The number of nitrogens with zero attached hydrogens (tertiary/aromatic N) is 1. The number of rotatable bonds is 0. The fourth-order valence-electron chi connectivity index (χ4n) is 2.75. The number of carbonyl (C=O) groups is 1. The monoisotopic (exact) mass is 183 g/mol. The highest BCUT2D eigenvalue weighted by atomic mass is 16.1. The second-order valence-electron chi connectivity index (χ2n) is 4.88. The molecule has 0 saturated carbocycles. The van der Waals surface area contributed by atoms with Crippen LogP contribution in [-0.4, -0.2) is 43.1 Å². The van der Waals surface area contributed by atoms with Gasteiger partial charge in [-0.2, -0.15) is 0 Å². The maximum Gasteiger partial charge on any atom is 0.226 e. The second kappa shape index (κ2) is 2.98. The lowest BCUT2D eigenvalue weighted by Gasteiger charge is -2.45. The first-order chi connectivity index (χ1) is 6.10. The Labute approximate surface area is 79.7 Å². The van der Waals surface area contributed by atoms with Gasteiger partial charge in [-0.1, -0.05) is 0 Å². The quantitative estimate of drug-likeness (QED) is 0.545. The van der Waals surface area contributed by atoms with Crippen molar-refractivity contribution in [2.24, 2.45) is 0 Å². The van der Waals surface area contributed by atoms with E-state index in [9.17, 15) is 4.79 Å². The highest BCUT2D eigenvalue weighted by Gasteiger charge is 2.42. The molecule has 2 heterocycles. The molecule has 13 heavy (non-hydrogen) atoms. The molecule has 2 aliphatic rings. The minimum Gasteiger partial charge on any atom is -0.350 e. The minimum absolute atomic E-state index is 0.251. The normalized spacial score (nSPS) is 37.8. The third-order valence-corrected chi connectivity index (χ3v) is 3.91. The SMILES string of the molecule is C[N+]1(C)[C@@H]2CCC[C@H]1CC(=O)NC2. The largest absolute Gasteiger partial charge is 0.350 e. The molecule has 74 valence electrons. The van der Waals surface area contributed by atoms with Crippen LogP contribution in [0.4, 0.5) is 0 Å². The summed E-state index contributed by atoms with van der Waals surface area (Å²) in [6.45, 7) is 0.877. The number of hydrogen-bond donors (Lipinski definition) is 1. The van der Waals surface area contributed by atoms with Crippen LogP contribution < -0.4 is 5.32 Å². The summed E-state index contributed by atoms with van der Waals surface area (Å²) in [6.07, 6.45) is 4.51. The van der Waals surface area contributed by atoms with Gasteiger partial charge in [0.1, 0.15) is 6.04 Å². The van der Waals surface area contributed by atoms with Gasteiger partial charge >= 0.3 is 0 Å². The van der Waals surface area contributed by atoms with Crippen LogP contribution in [0.25, 0.3) is 0 Å². The Morgan fingerprint density at radius 3 is 2.77 bits per heavy atom. The molecule has 2 saturated heterocycles. The molecular weight excluding hydrogens is 164 g/mol. The van der Waals surface area contributed by atoms with Crippen LogP contribution in [0.5, 0.6) is 0 Å². The Balaban J connectivity index is 2.24. The van der Waals surface area contributed by atoms with Crippen molar-refractivity contribution in [1.29, 1.82) is 0 Å². The van der Waals surface area contributed by atoms with Crippen LogP contribution in [-0.2, 0) is 4.79 Å². The molecule has 1 amide bonds. The first-order valence-electron chi connectivity index (χ1n) is 5.21. The molecule has 1 N–H and O–H groups in total. The van der Waals surface area contributed by atoms with Crippen molar-refractivity contribution in [2.75, 3.05) is 20.6 Å². The molecule has 0 spiro atoms. The second-order valence-corrected chi connectivity index (χ2v) is 4.88. The molecule has 2 aliphatic heterocycles. The molecule has 2 rings (SSSR count). The maximum absolute atomic E-state index is 11.4. The zero-order valence-electron chi connectivity index (χ0n) is 8.55. The number of carbonyl (C=O) groups excluding carboxylic acids is 1. The van der Waals surface area contributed by atoms with Gasteiger partial charge in [0.25, 0.3) is 0 Å². The predicted octanol–water partition coefficient (Wildman–Crippen LogP) is 0.504. The molecule has 0 unspecified atom stereocenters. The van der Waals surface area contributed by atoms with Gasteiger partial charge in [-0.25, -0.2) is 0 Å². The Bertz CT molecular complexity index is 225. The van der Waals surface area contributed by atoms with Gasteiger partial charge in [-0.15, -0.1) is 0 Å². The molecule has 0 aliphatic carbocycles. The minimum atomic E-state index is 0.251. The third kappa shape index (κ3) is 1.46. The number of likely N-dealkylation sites (N-methyl/N-ethyl adjacent to an activating group) is 1. The predicted molar refractivity (Wildman–Crippen MR) is 51.2 cm³/mol. The standard InChI is InChI=1S/C10H18N2O/c1-12(2)8-4-3-5-9(12)7-11-10(13)6-8/h8-9H,3-7H2,1-2H3/p+1/t8-,9+/m0/s1. The van der Waals surface area contributed by atoms with E-state index in [0.717, 1.165) is 17.4 Å². The molecule has 3 heteroatoms. The fraction of sp³-hybridized carbons (Fsp3) is 0.900. The lowest BCUT2D eigenvalue weighted by atomic mass is 9.92. The van der Waals surface area contributed by atoms with E-state index in [1.807, 2.05) is 0 Å². The maximum atomic E-state index is 11.4. The molecule has 0 aromatic heterocycles. The topological polar surface area (TPSA) is 29.1 Å². The molecule has 0 aromatic rings. The summed E-state index contributed by atoms with van der Waals surface area (Å²) in [5.41, 5.74) is 0. The average Bonchev–Trinajstić information content (AvgIpc) is 2.17. The molecular formula is C10H19N2O+. The van der Waals surface area contributed by atoms with Gasteiger partial charge in [0, 0.05) is 12.8 Å². The van der Waals surface area contributed by atoms with Crippen molar-refractivity contribution in [3.63, 3.8) is 0 Å². The van der Waals surface area contributed by atoms with Crippen molar-refractivity contribution < 1.29 is 9.28 Å². The van der Waals surface area contributed by atoms with E-state index in [2.05, 4.69) is 19.4 Å². The van der Waals surface area contributed by atoms with E-state index in [1.165, 1.54) is 19.3 Å². The average molecular weight is 183 g/mol. The number of hydrogen-bond acceptors (Lipinski definition) is 1. The molecule has 2 atom stereocenters. The van der Waals surface area contributed by atoms with Gasteiger partial charge in [-0.3, -0.25) is 4.79 Å². The van der Waals surface area contributed by atoms with E-state index in [1.54, 1.807) is 0 Å². The molecule has 2 fully saturated rings. The Morgan fingerprint density at radius 1 is 1.31 bits per heavy atom. The van der Waals surface area contributed by atoms with Crippen LogP contribution >= 0.6 is 0 Å². The summed E-state index contributed by atoms with van der Waals surface area (Å²) >= 11 is 0. The van der Waals surface area contributed by atoms with Crippen LogP contribution in [0.1, 0.15) is 25.7 Å².